The van der Waals surface area contributed by atoms with Crippen molar-refractivity contribution in [1.82, 2.24) is 10.1 Å². The number of nitrogens with zero attached hydrogens (tertiary/aromatic N) is 3. The number of hydrogen-bond acceptors (Lipinski definition) is 6. The van der Waals surface area contributed by atoms with Gasteiger partial charge in [-0.25, -0.2) is 0 Å². The lowest BCUT2D eigenvalue weighted by atomic mass is 10.1. The zero-order chi connectivity index (χ0) is 19.8. The fraction of sp³-hybridized carbons (Fsp3) is 0.273. The third kappa shape index (κ3) is 3.40. The number of aromatic nitrogens is 1. The van der Waals surface area contributed by atoms with Crippen LogP contribution in [0.5, 0.6) is 11.5 Å². The SMILES string of the molecule is Cc1ccc(N2CCN(C(=O)c3cc(-c4ccc5c(c4)OCO5)on3)CC2)cc1. The van der Waals surface area contributed by atoms with Crippen LogP contribution in [0.25, 0.3) is 11.3 Å². The molecule has 0 unspecified atom stereocenters. The van der Waals surface area contributed by atoms with Gasteiger partial charge in [0.25, 0.3) is 5.91 Å². The molecular formula is C22H21N3O4. The third-order valence-corrected chi connectivity index (χ3v) is 5.35. The van der Waals surface area contributed by atoms with Crippen molar-refractivity contribution in [1.29, 1.82) is 0 Å². The summed E-state index contributed by atoms with van der Waals surface area (Å²) in [4.78, 5) is 17.0. The first-order chi connectivity index (χ1) is 14.2. The summed E-state index contributed by atoms with van der Waals surface area (Å²) in [5.41, 5.74) is 3.55. The Hall–Kier alpha value is -3.48. The normalized spacial score (nSPS) is 15.6. The van der Waals surface area contributed by atoms with Crippen molar-refractivity contribution in [2.75, 3.05) is 37.9 Å². The molecule has 3 aromatic rings. The van der Waals surface area contributed by atoms with E-state index < -0.39 is 0 Å². The predicted octanol–water partition coefficient (Wildman–Crippen LogP) is 3.34. The van der Waals surface area contributed by atoms with Gasteiger partial charge in [0.1, 0.15) is 0 Å². The monoisotopic (exact) mass is 391 g/mol. The topological polar surface area (TPSA) is 68.0 Å². The molecule has 0 spiro atoms. The van der Waals surface area contributed by atoms with E-state index in [-0.39, 0.29) is 12.7 Å². The van der Waals surface area contributed by atoms with Gasteiger partial charge in [0.2, 0.25) is 6.79 Å². The number of amides is 1. The van der Waals surface area contributed by atoms with Gasteiger partial charge in [0.15, 0.2) is 23.0 Å². The van der Waals surface area contributed by atoms with Crippen LogP contribution in [0.15, 0.2) is 53.1 Å². The molecule has 0 saturated carbocycles. The van der Waals surface area contributed by atoms with E-state index in [1.54, 1.807) is 6.07 Å². The number of hydrogen-bond donors (Lipinski definition) is 0. The molecule has 2 aliphatic rings. The standard InChI is InChI=1S/C22H21N3O4/c1-15-2-5-17(6-3-15)24-8-10-25(11-9-24)22(26)18-13-20(29-23-18)16-4-7-19-21(12-16)28-14-27-19/h2-7,12-13H,8-11,14H2,1H3. The van der Waals surface area contributed by atoms with Crippen LogP contribution in [0, 0.1) is 6.92 Å². The van der Waals surface area contributed by atoms with Crippen molar-refractivity contribution in [2.24, 2.45) is 0 Å². The average Bonchev–Trinajstić information content (AvgIpc) is 3.43. The Kier molecular flexibility index (Phi) is 4.35. The van der Waals surface area contributed by atoms with Crippen LogP contribution in [-0.4, -0.2) is 48.9 Å². The Morgan fingerprint density at radius 1 is 0.931 bits per heavy atom. The lowest BCUT2D eigenvalue weighted by Gasteiger charge is -2.35. The molecule has 2 aromatic carbocycles. The molecule has 3 heterocycles. The highest BCUT2D eigenvalue weighted by Crippen LogP contribution is 2.36. The fourth-order valence-electron chi connectivity index (χ4n) is 3.65. The third-order valence-electron chi connectivity index (χ3n) is 5.35. The van der Waals surface area contributed by atoms with Crippen molar-refractivity contribution in [3.8, 4) is 22.8 Å². The molecule has 0 radical (unpaired) electrons. The molecule has 7 heteroatoms. The van der Waals surface area contributed by atoms with Crippen molar-refractivity contribution < 1.29 is 18.8 Å². The van der Waals surface area contributed by atoms with E-state index in [0.717, 1.165) is 18.7 Å². The Balaban J connectivity index is 1.25. The first-order valence-corrected chi connectivity index (χ1v) is 9.65. The number of anilines is 1. The summed E-state index contributed by atoms with van der Waals surface area (Å²) in [6.45, 7) is 5.19. The molecule has 0 N–H and O–H groups in total. The second-order valence-corrected chi connectivity index (χ2v) is 7.26. The van der Waals surface area contributed by atoms with E-state index in [9.17, 15) is 4.79 Å². The summed E-state index contributed by atoms with van der Waals surface area (Å²) < 4.78 is 16.1. The molecular weight excluding hydrogens is 370 g/mol. The number of carbonyl (C=O) groups excluding carboxylic acids is 1. The lowest BCUT2D eigenvalue weighted by molar-refractivity contribution is 0.0736. The maximum absolute atomic E-state index is 12.9. The quantitative estimate of drug-likeness (QED) is 0.682. The van der Waals surface area contributed by atoms with Gasteiger partial charge in [-0.15, -0.1) is 0 Å². The summed E-state index contributed by atoms with van der Waals surface area (Å²) in [6, 6.07) is 15.7. The molecule has 1 saturated heterocycles. The number of benzene rings is 2. The maximum atomic E-state index is 12.9. The summed E-state index contributed by atoms with van der Waals surface area (Å²) in [7, 11) is 0. The number of piperazine rings is 1. The molecule has 5 rings (SSSR count). The molecule has 148 valence electrons. The van der Waals surface area contributed by atoms with Gasteiger partial charge < -0.3 is 23.8 Å². The maximum Gasteiger partial charge on any atom is 0.276 e. The second kappa shape index (κ2) is 7.16. The van der Waals surface area contributed by atoms with Gasteiger partial charge in [-0.2, -0.15) is 0 Å². The van der Waals surface area contributed by atoms with E-state index in [1.807, 2.05) is 23.1 Å². The summed E-state index contributed by atoms with van der Waals surface area (Å²) in [5, 5.41) is 4.00. The van der Waals surface area contributed by atoms with E-state index in [2.05, 4.69) is 41.2 Å². The second-order valence-electron chi connectivity index (χ2n) is 7.26. The van der Waals surface area contributed by atoms with Gasteiger partial charge in [-0.1, -0.05) is 22.9 Å². The Morgan fingerprint density at radius 2 is 1.69 bits per heavy atom. The summed E-state index contributed by atoms with van der Waals surface area (Å²) >= 11 is 0. The van der Waals surface area contributed by atoms with E-state index in [4.69, 9.17) is 14.0 Å². The zero-order valence-electron chi connectivity index (χ0n) is 16.1. The molecule has 29 heavy (non-hydrogen) atoms. The molecule has 1 amide bonds. The molecule has 7 nitrogen and oxygen atoms in total. The van der Waals surface area contributed by atoms with Gasteiger partial charge in [0, 0.05) is 43.5 Å². The molecule has 1 fully saturated rings. The minimum Gasteiger partial charge on any atom is -0.454 e. The van der Waals surface area contributed by atoms with Crippen molar-refractivity contribution in [3.05, 3.63) is 59.8 Å². The number of fused-ring (bicyclic) bond motifs is 1. The van der Waals surface area contributed by atoms with Crippen molar-refractivity contribution in [3.63, 3.8) is 0 Å². The predicted molar refractivity (Wildman–Crippen MR) is 107 cm³/mol. The molecule has 2 aliphatic heterocycles. The zero-order valence-corrected chi connectivity index (χ0v) is 16.1. The lowest BCUT2D eigenvalue weighted by Crippen LogP contribution is -2.48. The van der Waals surface area contributed by atoms with Crippen molar-refractivity contribution in [2.45, 2.75) is 6.92 Å². The van der Waals surface area contributed by atoms with Crippen LogP contribution < -0.4 is 14.4 Å². The number of aryl methyl sites for hydroxylation is 1. The van der Waals surface area contributed by atoms with Crippen LogP contribution in [-0.2, 0) is 0 Å². The van der Waals surface area contributed by atoms with Crippen LogP contribution >= 0.6 is 0 Å². The highest BCUT2D eigenvalue weighted by molar-refractivity contribution is 5.93. The fourth-order valence-corrected chi connectivity index (χ4v) is 3.65. The van der Waals surface area contributed by atoms with Gasteiger partial charge in [-0.3, -0.25) is 4.79 Å². The Morgan fingerprint density at radius 3 is 2.48 bits per heavy atom. The van der Waals surface area contributed by atoms with Gasteiger partial charge in [-0.05, 0) is 37.3 Å². The molecule has 1 aromatic heterocycles. The number of rotatable bonds is 3. The minimum atomic E-state index is -0.107. The molecule has 0 atom stereocenters. The van der Waals surface area contributed by atoms with Crippen LogP contribution in [0.3, 0.4) is 0 Å². The van der Waals surface area contributed by atoms with Gasteiger partial charge in [0.05, 0.1) is 0 Å². The Labute approximate surface area is 168 Å². The van der Waals surface area contributed by atoms with E-state index in [1.165, 1.54) is 11.3 Å². The number of ether oxygens (including phenoxy) is 2. The molecule has 0 aliphatic carbocycles. The van der Waals surface area contributed by atoms with Crippen LogP contribution in [0.1, 0.15) is 16.1 Å². The van der Waals surface area contributed by atoms with Crippen LogP contribution in [0.2, 0.25) is 0 Å². The smallest absolute Gasteiger partial charge is 0.276 e. The van der Waals surface area contributed by atoms with Gasteiger partial charge >= 0.3 is 0 Å². The first kappa shape index (κ1) is 17.6. The highest BCUT2D eigenvalue weighted by Gasteiger charge is 2.25. The van der Waals surface area contributed by atoms with E-state index >= 15 is 0 Å². The molecule has 0 bridgehead atoms. The number of carbonyl (C=O) groups is 1. The highest BCUT2D eigenvalue weighted by atomic mass is 16.7. The average molecular weight is 391 g/mol. The van der Waals surface area contributed by atoms with Crippen molar-refractivity contribution >= 4 is 11.6 Å². The Bertz CT molecular complexity index is 1040. The van der Waals surface area contributed by atoms with Crippen LogP contribution in [0.4, 0.5) is 5.69 Å². The first-order valence-electron chi connectivity index (χ1n) is 9.65. The summed E-state index contributed by atoms with van der Waals surface area (Å²) in [6.07, 6.45) is 0. The summed E-state index contributed by atoms with van der Waals surface area (Å²) in [5.74, 6) is 1.80. The van der Waals surface area contributed by atoms with E-state index in [0.29, 0.717) is 36.0 Å². The minimum absolute atomic E-state index is 0.107. The largest absolute Gasteiger partial charge is 0.454 e.